The van der Waals surface area contributed by atoms with Crippen molar-refractivity contribution in [2.24, 2.45) is 10.8 Å². The molecule has 3 heteroatoms. The van der Waals surface area contributed by atoms with Crippen molar-refractivity contribution < 1.29 is 9.59 Å². The van der Waals surface area contributed by atoms with E-state index < -0.39 is 0 Å². The number of fused-ring (bicyclic) bond motifs is 1. The van der Waals surface area contributed by atoms with Gasteiger partial charge < -0.3 is 0 Å². The Morgan fingerprint density at radius 3 is 2.58 bits per heavy atom. The summed E-state index contributed by atoms with van der Waals surface area (Å²) in [6.45, 7) is 0. The van der Waals surface area contributed by atoms with Crippen LogP contribution in [-0.4, -0.2) is 11.6 Å². The van der Waals surface area contributed by atoms with Crippen LogP contribution < -0.4 is 0 Å². The van der Waals surface area contributed by atoms with Crippen molar-refractivity contribution in [3.63, 3.8) is 0 Å². The monoisotopic (exact) mass is 318 g/mol. The van der Waals surface area contributed by atoms with Gasteiger partial charge in [0.2, 0.25) is 0 Å². The Hall–Kier alpha value is -0.960. The first kappa shape index (κ1) is 11.8. The predicted octanol–water partition coefficient (Wildman–Crippen LogP) is 3.71. The van der Waals surface area contributed by atoms with E-state index in [2.05, 4.69) is 22.0 Å². The fourth-order valence-corrected chi connectivity index (χ4v) is 4.41. The van der Waals surface area contributed by atoms with Crippen molar-refractivity contribution in [2.45, 2.75) is 38.5 Å². The van der Waals surface area contributed by atoms with Gasteiger partial charge in [-0.15, -0.1) is 0 Å². The zero-order valence-electron chi connectivity index (χ0n) is 10.7. The summed E-state index contributed by atoms with van der Waals surface area (Å²) in [4.78, 5) is 24.8. The second kappa shape index (κ2) is 3.57. The molecule has 1 atom stereocenters. The molecule has 0 aliphatic heterocycles. The van der Waals surface area contributed by atoms with E-state index >= 15 is 0 Å². The highest BCUT2D eigenvalue weighted by atomic mass is 79.9. The van der Waals surface area contributed by atoms with Gasteiger partial charge in [-0.05, 0) is 49.8 Å². The molecule has 3 aliphatic carbocycles. The average molecular weight is 319 g/mol. The molecule has 0 heterocycles. The van der Waals surface area contributed by atoms with Gasteiger partial charge in [-0.2, -0.15) is 0 Å². The lowest BCUT2D eigenvalue weighted by Gasteiger charge is -2.36. The molecule has 0 unspecified atom stereocenters. The summed E-state index contributed by atoms with van der Waals surface area (Å²) in [7, 11) is 0. The molecule has 98 valence electrons. The van der Waals surface area contributed by atoms with Crippen molar-refractivity contribution in [3.05, 3.63) is 33.8 Å². The molecule has 3 aliphatic rings. The lowest BCUT2D eigenvalue weighted by atomic mass is 9.65. The number of halogens is 1. The van der Waals surface area contributed by atoms with E-state index in [4.69, 9.17) is 0 Å². The van der Waals surface area contributed by atoms with Crippen LogP contribution in [0.3, 0.4) is 0 Å². The van der Waals surface area contributed by atoms with Gasteiger partial charge in [0.1, 0.15) is 5.78 Å². The molecule has 4 rings (SSSR count). The van der Waals surface area contributed by atoms with Crippen LogP contribution in [0.1, 0.15) is 48.0 Å². The summed E-state index contributed by atoms with van der Waals surface area (Å²) in [5.41, 5.74) is 1.65. The number of hydrogen-bond acceptors (Lipinski definition) is 2. The smallest absolute Gasteiger partial charge is 0.169 e. The van der Waals surface area contributed by atoms with E-state index in [-0.39, 0.29) is 16.6 Å². The first-order chi connectivity index (χ1) is 9.05. The second-order valence-corrected chi connectivity index (χ2v) is 7.38. The molecular formula is C16H15BrO2. The van der Waals surface area contributed by atoms with Gasteiger partial charge in [0.15, 0.2) is 5.78 Å². The molecule has 1 aromatic carbocycles. The van der Waals surface area contributed by atoms with Crippen LogP contribution in [0.5, 0.6) is 0 Å². The van der Waals surface area contributed by atoms with Crippen molar-refractivity contribution in [2.75, 3.05) is 0 Å². The third-order valence-electron chi connectivity index (χ3n) is 5.28. The lowest BCUT2D eigenvalue weighted by molar-refractivity contribution is -0.128. The minimum Gasteiger partial charge on any atom is -0.299 e. The van der Waals surface area contributed by atoms with E-state index in [1.165, 1.54) is 5.56 Å². The van der Waals surface area contributed by atoms with E-state index in [0.717, 1.165) is 42.1 Å². The zero-order chi connectivity index (χ0) is 13.3. The molecule has 0 saturated heterocycles. The number of ketones is 2. The van der Waals surface area contributed by atoms with Crippen LogP contribution in [0.4, 0.5) is 0 Å². The average Bonchev–Trinajstić information content (AvgIpc) is 3.11. The fraction of sp³-hybridized carbons (Fsp3) is 0.500. The summed E-state index contributed by atoms with van der Waals surface area (Å²) in [5.74, 6) is 0.686. The van der Waals surface area contributed by atoms with Gasteiger partial charge in [0.05, 0.1) is 0 Å². The van der Waals surface area contributed by atoms with E-state index in [1.807, 2.05) is 12.1 Å². The fourth-order valence-electron chi connectivity index (χ4n) is 4.05. The Kier molecular flexibility index (Phi) is 2.22. The molecular weight excluding hydrogens is 304 g/mol. The minimum atomic E-state index is -0.270. The molecule has 0 bridgehead atoms. The summed E-state index contributed by atoms with van der Waals surface area (Å²) in [6, 6.07) is 6.01. The van der Waals surface area contributed by atoms with Crippen LogP contribution in [0, 0.1) is 10.8 Å². The van der Waals surface area contributed by atoms with Crippen LogP contribution in [0.15, 0.2) is 22.7 Å². The molecule has 0 radical (unpaired) electrons. The molecule has 2 fully saturated rings. The SMILES string of the molecule is O=C1CC[C@@]2(Cc3ccc(Br)cc3C2=O)CC12CC2. The minimum absolute atomic E-state index is 0.118. The Labute approximate surface area is 120 Å². The molecule has 0 aromatic heterocycles. The van der Waals surface area contributed by atoms with Crippen LogP contribution in [0.25, 0.3) is 0 Å². The van der Waals surface area contributed by atoms with Crippen molar-refractivity contribution in [1.29, 1.82) is 0 Å². The molecule has 19 heavy (non-hydrogen) atoms. The number of Topliss-reactive ketones (excluding diaryl/α,β-unsaturated/α-hetero) is 2. The highest BCUT2D eigenvalue weighted by molar-refractivity contribution is 9.10. The van der Waals surface area contributed by atoms with Crippen LogP contribution in [-0.2, 0) is 11.2 Å². The van der Waals surface area contributed by atoms with Gasteiger partial charge in [-0.25, -0.2) is 0 Å². The maximum atomic E-state index is 12.8. The van der Waals surface area contributed by atoms with Gasteiger partial charge in [-0.3, -0.25) is 9.59 Å². The van der Waals surface area contributed by atoms with Crippen molar-refractivity contribution in [1.82, 2.24) is 0 Å². The van der Waals surface area contributed by atoms with Gasteiger partial charge in [0.25, 0.3) is 0 Å². The Morgan fingerprint density at radius 1 is 1.05 bits per heavy atom. The predicted molar refractivity (Wildman–Crippen MR) is 75.1 cm³/mol. The van der Waals surface area contributed by atoms with Crippen LogP contribution in [0.2, 0.25) is 0 Å². The van der Waals surface area contributed by atoms with Gasteiger partial charge in [0, 0.05) is 27.3 Å². The molecule has 2 nitrogen and oxygen atoms in total. The highest BCUT2D eigenvalue weighted by Crippen LogP contribution is 2.62. The summed E-state index contributed by atoms with van der Waals surface area (Å²) in [5, 5.41) is 0. The Balaban J connectivity index is 1.75. The van der Waals surface area contributed by atoms with Gasteiger partial charge in [-0.1, -0.05) is 22.0 Å². The third kappa shape index (κ3) is 1.54. The topological polar surface area (TPSA) is 34.1 Å². The first-order valence-corrected chi connectivity index (χ1v) is 7.71. The quantitative estimate of drug-likeness (QED) is 0.730. The maximum absolute atomic E-state index is 12.8. The van der Waals surface area contributed by atoms with E-state index in [0.29, 0.717) is 12.2 Å². The van der Waals surface area contributed by atoms with Crippen molar-refractivity contribution >= 4 is 27.5 Å². The highest BCUT2D eigenvalue weighted by Gasteiger charge is 2.60. The van der Waals surface area contributed by atoms with Crippen molar-refractivity contribution in [3.8, 4) is 0 Å². The van der Waals surface area contributed by atoms with E-state index in [1.54, 1.807) is 0 Å². The standard InChI is InChI=1S/C16H15BrO2/c17-11-2-1-10-8-16(14(19)12(10)7-11)4-3-13(18)15(9-16)5-6-15/h1-2,7H,3-6,8-9H2/t16-/m1/s1. The van der Waals surface area contributed by atoms with Gasteiger partial charge >= 0.3 is 0 Å². The van der Waals surface area contributed by atoms with Crippen LogP contribution >= 0.6 is 15.9 Å². The normalized spacial score (nSPS) is 31.0. The summed E-state index contributed by atoms with van der Waals surface area (Å²) < 4.78 is 0.963. The molecule has 1 aromatic rings. The first-order valence-electron chi connectivity index (χ1n) is 6.91. The Morgan fingerprint density at radius 2 is 1.84 bits per heavy atom. The Bertz CT molecular complexity index is 615. The summed E-state index contributed by atoms with van der Waals surface area (Å²) in [6.07, 6.45) is 4.98. The van der Waals surface area contributed by atoms with E-state index in [9.17, 15) is 9.59 Å². The number of carbonyl (C=O) groups excluding carboxylic acids is 2. The second-order valence-electron chi connectivity index (χ2n) is 6.47. The lowest BCUT2D eigenvalue weighted by Crippen LogP contribution is -2.39. The molecule has 0 N–H and O–H groups in total. The third-order valence-corrected chi connectivity index (χ3v) is 5.77. The number of rotatable bonds is 0. The largest absolute Gasteiger partial charge is 0.299 e. The number of hydrogen-bond donors (Lipinski definition) is 0. The zero-order valence-corrected chi connectivity index (χ0v) is 12.3. The number of carbonyl (C=O) groups is 2. The molecule has 0 amide bonds. The molecule has 2 saturated carbocycles. The molecule has 2 spiro atoms. The number of benzene rings is 1. The summed E-state index contributed by atoms with van der Waals surface area (Å²) >= 11 is 3.44. The maximum Gasteiger partial charge on any atom is 0.169 e.